The summed E-state index contributed by atoms with van der Waals surface area (Å²) in [6.45, 7) is 8.69. The van der Waals surface area contributed by atoms with E-state index in [0.717, 1.165) is 12.1 Å². The highest BCUT2D eigenvalue weighted by Crippen LogP contribution is 2.41. The highest BCUT2D eigenvalue weighted by Gasteiger charge is 2.24. The SMILES string of the molecule is Cc1ccc(C)c2c1Cc1c-2cnc(C)c1C. The second-order valence-corrected chi connectivity index (χ2v) is 5.09. The molecule has 0 aliphatic heterocycles. The minimum Gasteiger partial charge on any atom is -0.261 e. The number of aromatic nitrogens is 1. The van der Waals surface area contributed by atoms with Gasteiger partial charge in [0.2, 0.25) is 0 Å². The third-order valence-electron chi connectivity index (χ3n) is 4.09. The molecule has 0 fully saturated rings. The molecule has 2 aromatic rings. The summed E-state index contributed by atoms with van der Waals surface area (Å²) in [5.41, 5.74) is 11.0. The third-order valence-corrected chi connectivity index (χ3v) is 4.09. The number of rotatable bonds is 0. The molecule has 0 saturated carbocycles. The molecule has 1 heterocycles. The first-order valence-electron chi connectivity index (χ1n) is 6.14. The zero-order valence-electron chi connectivity index (χ0n) is 10.9. The zero-order valence-corrected chi connectivity index (χ0v) is 10.9. The van der Waals surface area contributed by atoms with Crippen LogP contribution >= 0.6 is 0 Å². The Morgan fingerprint density at radius 2 is 1.65 bits per heavy atom. The van der Waals surface area contributed by atoms with Crippen LogP contribution in [-0.4, -0.2) is 4.98 Å². The summed E-state index contributed by atoms with van der Waals surface area (Å²) in [4.78, 5) is 4.52. The molecular formula is C16H17N. The van der Waals surface area contributed by atoms with Gasteiger partial charge < -0.3 is 0 Å². The fraction of sp³-hybridized carbons (Fsp3) is 0.312. The number of hydrogen-bond acceptors (Lipinski definition) is 1. The average Bonchev–Trinajstić information content (AvgIpc) is 2.70. The molecule has 1 nitrogen and oxygen atoms in total. The minimum absolute atomic E-state index is 1.08. The van der Waals surface area contributed by atoms with Crippen LogP contribution in [0.4, 0.5) is 0 Å². The minimum atomic E-state index is 1.08. The maximum Gasteiger partial charge on any atom is 0.0405 e. The molecule has 1 heteroatoms. The van der Waals surface area contributed by atoms with E-state index in [1.54, 1.807) is 0 Å². The van der Waals surface area contributed by atoms with Crippen molar-refractivity contribution in [2.45, 2.75) is 34.1 Å². The lowest BCUT2D eigenvalue weighted by atomic mass is 9.98. The summed E-state index contributed by atoms with van der Waals surface area (Å²) in [6.07, 6.45) is 3.13. The van der Waals surface area contributed by atoms with Gasteiger partial charge in [-0.1, -0.05) is 12.1 Å². The summed E-state index contributed by atoms with van der Waals surface area (Å²) in [6, 6.07) is 4.45. The molecule has 0 atom stereocenters. The van der Waals surface area contributed by atoms with Crippen LogP contribution in [0.15, 0.2) is 18.3 Å². The summed E-state index contributed by atoms with van der Waals surface area (Å²) in [5.74, 6) is 0. The summed E-state index contributed by atoms with van der Waals surface area (Å²) < 4.78 is 0. The van der Waals surface area contributed by atoms with Crippen LogP contribution in [-0.2, 0) is 6.42 Å². The molecule has 3 rings (SSSR count). The van der Waals surface area contributed by atoms with Crippen LogP contribution in [0.5, 0.6) is 0 Å². The van der Waals surface area contributed by atoms with Gasteiger partial charge in [0.15, 0.2) is 0 Å². The van der Waals surface area contributed by atoms with Gasteiger partial charge in [0.25, 0.3) is 0 Å². The number of fused-ring (bicyclic) bond motifs is 3. The number of nitrogens with zero attached hydrogens (tertiary/aromatic N) is 1. The summed E-state index contributed by atoms with van der Waals surface area (Å²) in [5, 5.41) is 0. The van der Waals surface area contributed by atoms with Gasteiger partial charge in [0.1, 0.15) is 0 Å². The van der Waals surface area contributed by atoms with Crippen molar-refractivity contribution < 1.29 is 0 Å². The predicted molar refractivity (Wildman–Crippen MR) is 71.4 cm³/mol. The van der Waals surface area contributed by atoms with E-state index in [2.05, 4.69) is 51.0 Å². The van der Waals surface area contributed by atoms with Gasteiger partial charge in [-0.15, -0.1) is 0 Å². The highest BCUT2D eigenvalue weighted by atomic mass is 14.7. The van der Waals surface area contributed by atoms with Crippen molar-refractivity contribution in [3.63, 3.8) is 0 Å². The number of benzene rings is 1. The Morgan fingerprint density at radius 1 is 0.941 bits per heavy atom. The van der Waals surface area contributed by atoms with Gasteiger partial charge in [0.05, 0.1) is 0 Å². The van der Waals surface area contributed by atoms with Gasteiger partial charge in [-0.3, -0.25) is 4.98 Å². The molecule has 0 N–H and O–H groups in total. The first-order chi connectivity index (χ1) is 8.09. The molecule has 0 spiro atoms. The van der Waals surface area contributed by atoms with Gasteiger partial charge in [-0.25, -0.2) is 0 Å². The Bertz CT molecular complexity index is 624. The molecule has 0 saturated heterocycles. The van der Waals surface area contributed by atoms with Crippen molar-refractivity contribution in [1.82, 2.24) is 4.98 Å². The van der Waals surface area contributed by atoms with Gasteiger partial charge in [-0.2, -0.15) is 0 Å². The maximum absolute atomic E-state index is 4.52. The molecule has 0 amide bonds. The quantitative estimate of drug-likeness (QED) is 0.563. The fourth-order valence-electron chi connectivity index (χ4n) is 2.85. The summed E-state index contributed by atoms with van der Waals surface area (Å²) >= 11 is 0. The Hall–Kier alpha value is -1.63. The van der Waals surface area contributed by atoms with Crippen molar-refractivity contribution >= 4 is 0 Å². The predicted octanol–water partition coefficient (Wildman–Crippen LogP) is 3.89. The van der Waals surface area contributed by atoms with Crippen LogP contribution in [0.25, 0.3) is 11.1 Å². The Labute approximate surface area is 103 Å². The lowest BCUT2D eigenvalue weighted by Gasteiger charge is -2.08. The van der Waals surface area contributed by atoms with Crippen molar-refractivity contribution in [2.75, 3.05) is 0 Å². The number of pyridine rings is 1. The number of hydrogen-bond donors (Lipinski definition) is 0. The maximum atomic E-state index is 4.52. The van der Waals surface area contributed by atoms with Crippen molar-refractivity contribution in [1.29, 1.82) is 0 Å². The molecule has 1 aromatic heterocycles. The third kappa shape index (κ3) is 1.35. The van der Waals surface area contributed by atoms with E-state index < -0.39 is 0 Å². The second kappa shape index (κ2) is 3.43. The molecule has 1 aliphatic carbocycles. The zero-order chi connectivity index (χ0) is 12.2. The molecule has 86 valence electrons. The lowest BCUT2D eigenvalue weighted by molar-refractivity contribution is 1.10. The van der Waals surface area contributed by atoms with Crippen LogP contribution in [0.2, 0.25) is 0 Å². The molecular weight excluding hydrogens is 206 g/mol. The normalized spacial score (nSPS) is 12.5. The van der Waals surface area contributed by atoms with Crippen molar-refractivity contribution in [2.24, 2.45) is 0 Å². The van der Waals surface area contributed by atoms with E-state index >= 15 is 0 Å². The largest absolute Gasteiger partial charge is 0.261 e. The van der Waals surface area contributed by atoms with Crippen LogP contribution < -0.4 is 0 Å². The Kier molecular flexibility index (Phi) is 2.12. The summed E-state index contributed by atoms with van der Waals surface area (Å²) in [7, 11) is 0. The first-order valence-corrected chi connectivity index (χ1v) is 6.14. The van der Waals surface area contributed by atoms with Gasteiger partial charge in [0, 0.05) is 17.5 Å². The molecule has 1 aromatic carbocycles. The van der Waals surface area contributed by atoms with Crippen LogP contribution in [0.1, 0.15) is 33.5 Å². The number of aryl methyl sites for hydroxylation is 3. The monoisotopic (exact) mass is 223 g/mol. The first kappa shape index (κ1) is 10.5. The molecule has 17 heavy (non-hydrogen) atoms. The second-order valence-electron chi connectivity index (χ2n) is 5.09. The van der Waals surface area contributed by atoms with Gasteiger partial charge >= 0.3 is 0 Å². The fourth-order valence-corrected chi connectivity index (χ4v) is 2.85. The van der Waals surface area contributed by atoms with E-state index in [1.807, 2.05) is 0 Å². The Morgan fingerprint density at radius 3 is 2.41 bits per heavy atom. The molecule has 0 unspecified atom stereocenters. The van der Waals surface area contributed by atoms with Crippen LogP contribution in [0.3, 0.4) is 0 Å². The smallest absolute Gasteiger partial charge is 0.0405 e. The standard InChI is InChI=1S/C16H17N/c1-9-5-6-10(2)16-13(9)7-14-11(3)12(4)17-8-15(14)16/h5-6,8H,7H2,1-4H3. The average molecular weight is 223 g/mol. The van der Waals surface area contributed by atoms with E-state index in [-0.39, 0.29) is 0 Å². The highest BCUT2D eigenvalue weighted by molar-refractivity contribution is 5.81. The molecule has 1 aliphatic rings. The van der Waals surface area contributed by atoms with E-state index in [9.17, 15) is 0 Å². The molecule has 0 radical (unpaired) electrons. The van der Waals surface area contributed by atoms with Gasteiger partial charge in [-0.05, 0) is 67.5 Å². The molecule has 0 bridgehead atoms. The van der Waals surface area contributed by atoms with Crippen molar-refractivity contribution in [3.05, 3.63) is 51.8 Å². The van der Waals surface area contributed by atoms with E-state index in [4.69, 9.17) is 0 Å². The van der Waals surface area contributed by atoms with Crippen molar-refractivity contribution in [3.8, 4) is 11.1 Å². The van der Waals surface area contributed by atoms with E-state index in [1.165, 1.54) is 38.9 Å². The van der Waals surface area contributed by atoms with Crippen LogP contribution in [0, 0.1) is 27.7 Å². The topological polar surface area (TPSA) is 12.9 Å². The Balaban J connectivity index is 2.36. The lowest BCUT2D eigenvalue weighted by Crippen LogP contribution is -1.93. The van der Waals surface area contributed by atoms with E-state index in [0.29, 0.717) is 0 Å².